The van der Waals surface area contributed by atoms with Crippen molar-refractivity contribution < 1.29 is 14.9 Å². The number of allylic oxidation sites excluding steroid dienone is 2. The predicted molar refractivity (Wildman–Crippen MR) is 54.8 cm³/mol. The highest BCUT2D eigenvalue weighted by Gasteiger charge is 2.40. The zero-order chi connectivity index (χ0) is 10.7. The Bertz CT molecular complexity index is 211. The van der Waals surface area contributed by atoms with Crippen molar-refractivity contribution in [3.63, 3.8) is 0 Å². The van der Waals surface area contributed by atoms with Gasteiger partial charge in [0.15, 0.2) is 5.79 Å². The van der Waals surface area contributed by atoms with Crippen molar-refractivity contribution in [2.75, 3.05) is 6.61 Å². The summed E-state index contributed by atoms with van der Waals surface area (Å²) in [4.78, 5) is 0. The molecule has 0 radical (unpaired) electrons. The second kappa shape index (κ2) is 4.43. The quantitative estimate of drug-likeness (QED) is 0.680. The first-order valence-electron chi connectivity index (χ1n) is 5.17. The Balaban J connectivity index is 2.47. The van der Waals surface area contributed by atoms with Gasteiger partial charge in [0.05, 0.1) is 12.2 Å². The number of ether oxygens (including phenoxy) is 1. The molecule has 1 heterocycles. The van der Waals surface area contributed by atoms with Crippen molar-refractivity contribution in [2.24, 2.45) is 0 Å². The van der Waals surface area contributed by atoms with Crippen LogP contribution in [0.1, 0.15) is 39.5 Å². The summed E-state index contributed by atoms with van der Waals surface area (Å²) in [6, 6.07) is 0. The molecule has 1 saturated heterocycles. The van der Waals surface area contributed by atoms with Crippen molar-refractivity contribution in [3.8, 4) is 0 Å². The van der Waals surface area contributed by atoms with Gasteiger partial charge >= 0.3 is 0 Å². The molecule has 0 spiro atoms. The monoisotopic (exact) mass is 200 g/mol. The minimum atomic E-state index is -1.14. The predicted octanol–water partition coefficient (Wildman–Crippen LogP) is 1.59. The molecular formula is C11H20O3. The molecule has 1 aliphatic rings. The minimum absolute atomic E-state index is 0.303. The summed E-state index contributed by atoms with van der Waals surface area (Å²) in [5.74, 6) is -1.14. The molecule has 1 rings (SSSR count). The maximum absolute atomic E-state index is 10.0. The molecule has 1 fully saturated rings. The van der Waals surface area contributed by atoms with Crippen LogP contribution in [0.4, 0.5) is 0 Å². The summed E-state index contributed by atoms with van der Waals surface area (Å²) in [5, 5.41) is 19.8. The molecule has 2 N–H and O–H groups in total. The minimum Gasteiger partial charge on any atom is -0.390 e. The van der Waals surface area contributed by atoms with Gasteiger partial charge in [0.2, 0.25) is 0 Å². The average molecular weight is 200 g/mol. The smallest absolute Gasteiger partial charge is 0.168 e. The van der Waals surface area contributed by atoms with Gasteiger partial charge in [0.25, 0.3) is 0 Å². The van der Waals surface area contributed by atoms with Gasteiger partial charge in [-0.15, -0.1) is 0 Å². The molecule has 0 aromatic heterocycles. The number of hydrogen-bond acceptors (Lipinski definition) is 3. The Labute approximate surface area is 85.4 Å². The zero-order valence-electron chi connectivity index (χ0n) is 8.99. The molecule has 82 valence electrons. The summed E-state index contributed by atoms with van der Waals surface area (Å²) in [6.45, 7) is 4.12. The molecule has 0 saturated carbocycles. The standard InChI is InChI=1S/C11H20O3/c1-3-4-5-6-11(13)9-10(2,12)7-8-14-11/h3-4,12-13H,5-9H2,1-2H3/b4-3+/t10-,11+/m0/s1. The fraction of sp³-hybridized carbons (Fsp3) is 0.818. The Morgan fingerprint density at radius 3 is 2.71 bits per heavy atom. The molecule has 0 bridgehead atoms. The lowest BCUT2D eigenvalue weighted by atomic mass is 9.88. The summed E-state index contributed by atoms with van der Waals surface area (Å²) in [6.07, 6.45) is 6.17. The Hall–Kier alpha value is -0.380. The lowest BCUT2D eigenvalue weighted by Gasteiger charge is -2.40. The second-order valence-electron chi connectivity index (χ2n) is 4.33. The van der Waals surface area contributed by atoms with Crippen molar-refractivity contribution in [1.82, 2.24) is 0 Å². The molecule has 0 aromatic rings. The maximum Gasteiger partial charge on any atom is 0.168 e. The molecule has 1 aliphatic heterocycles. The Morgan fingerprint density at radius 1 is 1.43 bits per heavy atom. The fourth-order valence-electron chi connectivity index (χ4n) is 1.83. The van der Waals surface area contributed by atoms with Crippen LogP contribution in [-0.4, -0.2) is 28.2 Å². The van der Waals surface area contributed by atoms with Crippen LogP contribution in [-0.2, 0) is 4.74 Å². The Morgan fingerprint density at radius 2 is 2.14 bits per heavy atom. The highest BCUT2D eigenvalue weighted by molar-refractivity contribution is 4.88. The van der Waals surface area contributed by atoms with Gasteiger partial charge in [-0.2, -0.15) is 0 Å². The summed E-state index contributed by atoms with van der Waals surface area (Å²) >= 11 is 0. The molecule has 3 nitrogen and oxygen atoms in total. The van der Waals surface area contributed by atoms with Gasteiger partial charge in [0.1, 0.15) is 0 Å². The van der Waals surface area contributed by atoms with Crippen LogP contribution >= 0.6 is 0 Å². The third-order valence-corrected chi connectivity index (χ3v) is 2.61. The van der Waals surface area contributed by atoms with Crippen LogP contribution in [0.2, 0.25) is 0 Å². The molecule has 0 unspecified atom stereocenters. The summed E-state index contributed by atoms with van der Waals surface area (Å²) in [5.41, 5.74) is -0.789. The highest BCUT2D eigenvalue weighted by Crippen LogP contribution is 2.33. The van der Waals surface area contributed by atoms with E-state index in [0.29, 0.717) is 25.9 Å². The third-order valence-electron chi connectivity index (χ3n) is 2.61. The first-order chi connectivity index (χ1) is 6.47. The van der Waals surface area contributed by atoms with Crippen molar-refractivity contribution >= 4 is 0 Å². The van der Waals surface area contributed by atoms with Crippen LogP contribution in [0.5, 0.6) is 0 Å². The summed E-state index contributed by atoms with van der Waals surface area (Å²) in [7, 11) is 0. The van der Waals surface area contributed by atoms with Crippen molar-refractivity contribution in [3.05, 3.63) is 12.2 Å². The molecule has 3 heteroatoms. The molecule has 2 atom stereocenters. The second-order valence-corrected chi connectivity index (χ2v) is 4.33. The Kier molecular flexibility index (Phi) is 3.70. The zero-order valence-corrected chi connectivity index (χ0v) is 8.99. The molecular weight excluding hydrogens is 180 g/mol. The van der Waals surface area contributed by atoms with E-state index in [0.717, 1.165) is 6.42 Å². The van der Waals surface area contributed by atoms with Crippen LogP contribution in [0.25, 0.3) is 0 Å². The van der Waals surface area contributed by atoms with E-state index >= 15 is 0 Å². The average Bonchev–Trinajstić information content (AvgIpc) is 2.01. The van der Waals surface area contributed by atoms with Crippen LogP contribution in [0.3, 0.4) is 0 Å². The number of hydrogen-bond donors (Lipinski definition) is 2. The lowest BCUT2D eigenvalue weighted by molar-refractivity contribution is -0.264. The van der Waals surface area contributed by atoms with Crippen molar-refractivity contribution in [1.29, 1.82) is 0 Å². The van der Waals surface area contributed by atoms with E-state index in [2.05, 4.69) is 0 Å². The van der Waals surface area contributed by atoms with Crippen LogP contribution in [0, 0.1) is 0 Å². The SMILES string of the molecule is C/C=C/CC[C@]1(O)C[C@@](C)(O)CCO1. The topological polar surface area (TPSA) is 49.7 Å². The van der Waals surface area contributed by atoms with E-state index in [1.807, 2.05) is 19.1 Å². The van der Waals surface area contributed by atoms with E-state index in [1.54, 1.807) is 6.92 Å². The maximum atomic E-state index is 10.0. The van der Waals surface area contributed by atoms with Gasteiger partial charge in [-0.3, -0.25) is 0 Å². The first kappa shape index (κ1) is 11.7. The largest absolute Gasteiger partial charge is 0.390 e. The van der Waals surface area contributed by atoms with Crippen LogP contribution < -0.4 is 0 Å². The van der Waals surface area contributed by atoms with Gasteiger partial charge in [0, 0.05) is 12.8 Å². The molecule has 14 heavy (non-hydrogen) atoms. The van der Waals surface area contributed by atoms with Crippen LogP contribution in [0.15, 0.2) is 12.2 Å². The lowest BCUT2D eigenvalue weighted by Crippen LogP contribution is -2.47. The van der Waals surface area contributed by atoms with E-state index in [4.69, 9.17) is 4.74 Å². The third kappa shape index (κ3) is 3.40. The molecule has 0 aliphatic carbocycles. The molecule has 0 amide bonds. The van der Waals surface area contributed by atoms with Crippen molar-refractivity contribution in [2.45, 2.75) is 50.9 Å². The normalized spacial score (nSPS) is 39.1. The highest BCUT2D eigenvalue weighted by atomic mass is 16.6. The van der Waals surface area contributed by atoms with Gasteiger partial charge in [-0.1, -0.05) is 12.2 Å². The molecule has 0 aromatic carbocycles. The number of aliphatic hydroxyl groups is 2. The van der Waals surface area contributed by atoms with Gasteiger partial charge < -0.3 is 14.9 Å². The van der Waals surface area contributed by atoms with E-state index in [9.17, 15) is 10.2 Å². The number of rotatable bonds is 3. The first-order valence-corrected chi connectivity index (χ1v) is 5.17. The van der Waals surface area contributed by atoms with E-state index in [-0.39, 0.29) is 0 Å². The van der Waals surface area contributed by atoms with Gasteiger partial charge in [-0.05, 0) is 26.7 Å². The summed E-state index contributed by atoms with van der Waals surface area (Å²) < 4.78 is 5.31. The fourth-order valence-corrected chi connectivity index (χ4v) is 1.83. The van der Waals surface area contributed by atoms with Gasteiger partial charge in [-0.25, -0.2) is 0 Å². The van der Waals surface area contributed by atoms with E-state index in [1.165, 1.54) is 0 Å². The van der Waals surface area contributed by atoms with E-state index < -0.39 is 11.4 Å².